The number of carbonyl (C=O) groups excluding carboxylic acids is 1. The zero-order valence-corrected chi connectivity index (χ0v) is 14.2. The number of benzene rings is 1. The molecule has 128 valence electrons. The molecule has 2 N–H and O–H groups in total. The Bertz CT molecular complexity index is 1060. The lowest BCUT2D eigenvalue weighted by Crippen LogP contribution is -2.34. The topological polar surface area (TPSA) is 98.2 Å². The SMILES string of the molecule is COc1cc2[nH]c(=S)n(NC(=O)c3ccncc3)c(=O)c2cc1OC. The van der Waals surface area contributed by atoms with Gasteiger partial charge in [0.15, 0.2) is 16.3 Å². The number of ether oxygens (including phenoxy) is 2. The molecule has 0 saturated heterocycles. The number of hydrogen-bond donors (Lipinski definition) is 2. The van der Waals surface area contributed by atoms with Gasteiger partial charge in [0, 0.05) is 24.0 Å². The maximum atomic E-state index is 12.7. The predicted octanol–water partition coefficient (Wildman–Crippen LogP) is 1.86. The minimum Gasteiger partial charge on any atom is -0.493 e. The van der Waals surface area contributed by atoms with Crippen molar-refractivity contribution in [3.8, 4) is 11.5 Å². The quantitative estimate of drug-likeness (QED) is 0.691. The van der Waals surface area contributed by atoms with Crippen LogP contribution >= 0.6 is 12.2 Å². The van der Waals surface area contributed by atoms with E-state index in [1.54, 1.807) is 6.07 Å². The van der Waals surface area contributed by atoms with Crippen molar-refractivity contribution < 1.29 is 14.3 Å². The maximum absolute atomic E-state index is 12.7. The van der Waals surface area contributed by atoms with Crippen molar-refractivity contribution in [2.45, 2.75) is 0 Å². The second-order valence-electron chi connectivity index (χ2n) is 5.00. The van der Waals surface area contributed by atoms with Gasteiger partial charge in [0.1, 0.15) is 0 Å². The minimum atomic E-state index is -0.484. The summed E-state index contributed by atoms with van der Waals surface area (Å²) in [5.74, 6) is 0.368. The molecule has 0 aliphatic rings. The van der Waals surface area contributed by atoms with E-state index in [-0.39, 0.29) is 4.77 Å². The molecule has 2 heterocycles. The van der Waals surface area contributed by atoms with E-state index >= 15 is 0 Å². The Morgan fingerprint density at radius 2 is 1.84 bits per heavy atom. The molecule has 0 spiro atoms. The van der Waals surface area contributed by atoms with E-state index in [2.05, 4.69) is 15.4 Å². The van der Waals surface area contributed by atoms with Crippen LogP contribution in [-0.2, 0) is 0 Å². The molecule has 1 amide bonds. The molecule has 0 atom stereocenters. The van der Waals surface area contributed by atoms with Gasteiger partial charge in [-0.1, -0.05) is 0 Å². The number of aromatic amines is 1. The summed E-state index contributed by atoms with van der Waals surface area (Å²) in [6.45, 7) is 0. The fourth-order valence-electron chi connectivity index (χ4n) is 2.31. The van der Waals surface area contributed by atoms with E-state index in [1.807, 2.05) is 0 Å². The van der Waals surface area contributed by atoms with E-state index < -0.39 is 11.5 Å². The molecule has 8 nitrogen and oxygen atoms in total. The van der Waals surface area contributed by atoms with Crippen molar-refractivity contribution in [2.24, 2.45) is 0 Å². The molecule has 25 heavy (non-hydrogen) atoms. The summed E-state index contributed by atoms with van der Waals surface area (Å²) in [4.78, 5) is 31.8. The van der Waals surface area contributed by atoms with Gasteiger partial charge in [-0.05, 0) is 30.4 Å². The molecular formula is C16H14N4O4S. The summed E-state index contributed by atoms with van der Waals surface area (Å²) in [6, 6.07) is 6.20. The smallest absolute Gasteiger partial charge is 0.281 e. The van der Waals surface area contributed by atoms with Crippen molar-refractivity contribution in [1.29, 1.82) is 0 Å². The lowest BCUT2D eigenvalue weighted by Gasteiger charge is -2.12. The van der Waals surface area contributed by atoms with Crippen molar-refractivity contribution in [3.63, 3.8) is 0 Å². The van der Waals surface area contributed by atoms with E-state index in [4.69, 9.17) is 21.7 Å². The largest absolute Gasteiger partial charge is 0.493 e. The van der Waals surface area contributed by atoms with E-state index in [0.717, 1.165) is 4.68 Å². The fraction of sp³-hybridized carbons (Fsp3) is 0.125. The van der Waals surface area contributed by atoms with Crippen LogP contribution in [0.15, 0.2) is 41.5 Å². The zero-order valence-electron chi connectivity index (χ0n) is 13.4. The average molecular weight is 358 g/mol. The van der Waals surface area contributed by atoms with E-state index in [0.29, 0.717) is 28.0 Å². The number of H-pyrrole nitrogens is 1. The molecule has 0 saturated carbocycles. The first-order valence-corrected chi connectivity index (χ1v) is 7.58. The minimum absolute atomic E-state index is 0.0483. The van der Waals surface area contributed by atoms with Gasteiger partial charge >= 0.3 is 0 Å². The first kappa shape index (κ1) is 16.7. The molecule has 0 bridgehead atoms. The lowest BCUT2D eigenvalue weighted by atomic mass is 10.2. The van der Waals surface area contributed by atoms with Gasteiger partial charge in [0.25, 0.3) is 11.5 Å². The summed E-state index contributed by atoms with van der Waals surface area (Å²) in [7, 11) is 2.97. The fourth-order valence-corrected chi connectivity index (χ4v) is 2.55. The van der Waals surface area contributed by atoms with Gasteiger partial charge in [0.05, 0.1) is 25.1 Å². The molecular weight excluding hydrogens is 344 g/mol. The number of carbonyl (C=O) groups is 1. The molecule has 0 unspecified atom stereocenters. The molecule has 0 aliphatic heterocycles. The summed E-state index contributed by atoms with van der Waals surface area (Å²) >= 11 is 5.18. The Hall–Kier alpha value is -3.20. The normalized spacial score (nSPS) is 10.5. The summed E-state index contributed by atoms with van der Waals surface area (Å²) in [5.41, 5.74) is 2.82. The van der Waals surface area contributed by atoms with Gasteiger partial charge in [0.2, 0.25) is 0 Å². The third-order valence-electron chi connectivity index (χ3n) is 3.56. The van der Waals surface area contributed by atoms with Gasteiger partial charge in [-0.25, -0.2) is 0 Å². The second kappa shape index (κ2) is 6.73. The summed E-state index contributed by atoms with van der Waals surface area (Å²) in [6.07, 6.45) is 2.96. The van der Waals surface area contributed by atoms with Crippen LogP contribution in [0.25, 0.3) is 10.9 Å². The number of pyridine rings is 1. The van der Waals surface area contributed by atoms with Crippen LogP contribution < -0.4 is 20.5 Å². The van der Waals surface area contributed by atoms with Gasteiger partial charge < -0.3 is 14.5 Å². The molecule has 3 aromatic rings. The van der Waals surface area contributed by atoms with E-state index in [9.17, 15) is 9.59 Å². The molecule has 1 aromatic carbocycles. The highest BCUT2D eigenvalue weighted by Gasteiger charge is 2.13. The first-order chi connectivity index (χ1) is 12.0. The number of hydrogen-bond acceptors (Lipinski definition) is 6. The van der Waals surface area contributed by atoms with Crippen LogP contribution in [0.3, 0.4) is 0 Å². The Kier molecular flexibility index (Phi) is 4.48. The van der Waals surface area contributed by atoms with Crippen LogP contribution in [0.4, 0.5) is 0 Å². The Morgan fingerprint density at radius 1 is 1.20 bits per heavy atom. The number of rotatable bonds is 4. The zero-order chi connectivity index (χ0) is 18.0. The van der Waals surface area contributed by atoms with Gasteiger partial charge in [-0.2, -0.15) is 4.68 Å². The van der Waals surface area contributed by atoms with Crippen LogP contribution in [0.1, 0.15) is 10.4 Å². The average Bonchev–Trinajstić information content (AvgIpc) is 2.64. The number of nitrogens with zero attached hydrogens (tertiary/aromatic N) is 2. The molecule has 9 heteroatoms. The van der Waals surface area contributed by atoms with E-state index in [1.165, 1.54) is 44.8 Å². The van der Waals surface area contributed by atoms with Crippen molar-refractivity contribution in [3.05, 3.63) is 57.3 Å². The van der Waals surface area contributed by atoms with Gasteiger partial charge in [-0.15, -0.1) is 0 Å². The Balaban J connectivity index is 2.12. The highest BCUT2D eigenvalue weighted by molar-refractivity contribution is 7.71. The molecule has 0 radical (unpaired) electrons. The predicted molar refractivity (Wildman–Crippen MR) is 94.4 cm³/mol. The van der Waals surface area contributed by atoms with Crippen LogP contribution in [0.5, 0.6) is 11.5 Å². The number of nitrogens with one attached hydrogen (secondary N) is 2. The maximum Gasteiger partial charge on any atom is 0.281 e. The molecule has 0 aliphatic carbocycles. The number of aromatic nitrogens is 3. The van der Waals surface area contributed by atoms with Gasteiger partial charge in [-0.3, -0.25) is 20.0 Å². The standard InChI is InChI=1S/C16H14N4O4S/c1-23-12-7-10-11(8-13(12)24-2)18-16(25)20(15(10)22)19-14(21)9-3-5-17-6-4-9/h3-8H,1-2H3,(H,18,25)(H,19,21). The second-order valence-corrected chi connectivity index (χ2v) is 5.39. The van der Waals surface area contributed by atoms with Crippen molar-refractivity contribution >= 4 is 29.0 Å². The van der Waals surface area contributed by atoms with Crippen LogP contribution in [0, 0.1) is 4.77 Å². The van der Waals surface area contributed by atoms with Crippen molar-refractivity contribution in [1.82, 2.24) is 14.6 Å². The van der Waals surface area contributed by atoms with Crippen molar-refractivity contribution in [2.75, 3.05) is 19.6 Å². The molecule has 2 aromatic heterocycles. The lowest BCUT2D eigenvalue weighted by molar-refractivity contribution is 0.101. The number of amides is 1. The van der Waals surface area contributed by atoms with Crippen LogP contribution in [-0.4, -0.2) is 34.8 Å². The third kappa shape index (κ3) is 3.09. The van der Waals surface area contributed by atoms with Crippen LogP contribution in [0.2, 0.25) is 0 Å². The summed E-state index contributed by atoms with van der Waals surface area (Å²) in [5, 5.41) is 0.293. The highest BCUT2D eigenvalue weighted by atomic mass is 32.1. The number of fused-ring (bicyclic) bond motifs is 1. The highest BCUT2D eigenvalue weighted by Crippen LogP contribution is 2.29. The third-order valence-corrected chi connectivity index (χ3v) is 3.84. The first-order valence-electron chi connectivity index (χ1n) is 7.17. The Morgan fingerprint density at radius 3 is 2.48 bits per heavy atom. The number of methoxy groups -OCH3 is 2. The summed E-state index contributed by atoms with van der Waals surface area (Å²) < 4.78 is 11.5. The molecule has 3 rings (SSSR count). The molecule has 0 fully saturated rings. The Labute approximate surface area is 147 Å². The monoisotopic (exact) mass is 358 g/mol.